The molecule has 1 aromatic rings. The van der Waals surface area contributed by atoms with Crippen molar-refractivity contribution in [1.82, 2.24) is 0 Å². The lowest BCUT2D eigenvalue weighted by Crippen LogP contribution is -1.93. The summed E-state index contributed by atoms with van der Waals surface area (Å²) in [5.74, 6) is 1.84. The summed E-state index contributed by atoms with van der Waals surface area (Å²) in [7, 11) is 3.37. The normalized spacial score (nSPS) is 9.77. The van der Waals surface area contributed by atoms with Gasteiger partial charge in [-0.25, -0.2) is 0 Å². The van der Waals surface area contributed by atoms with Crippen LogP contribution in [0.2, 0.25) is 0 Å². The molecule has 0 saturated carbocycles. The highest BCUT2D eigenvalue weighted by Gasteiger charge is 2.02. The van der Waals surface area contributed by atoms with Gasteiger partial charge >= 0.3 is 0 Å². The molecule has 1 aromatic carbocycles. The minimum atomic E-state index is 0.893. The molecule has 0 saturated heterocycles. The molecule has 0 amide bonds. The largest absolute Gasteiger partial charge is 0.497 e. The van der Waals surface area contributed by atoms with Crippen LogP contribution in [0, 0.1) is 0 Å². The molecular formula is C11H16O2. The monoisotopic (exact) mass is 180 g/mol. The minimum Gasteiger partial charge on any atom is -0.497 e. The fraction of sp³-hybridized carbons (Fsp3) is 0.455. The molecule has 0 fully saturated rings. The van der Waals surface area contributed by atoms with Gasteiger partial charge in [0.15, 0.2) is 0 Å². The minimum absolute atomic E-state index is 0.893. The summed E-state index contributed by atoms with van der Waals surface area (Å²) in [6.45, 7) is 2.15. The zero-order valence-corrected chi connectivity index (χ0v) is 8.46. The average Bonchev–Trinajstić information content (AvgIpc) is 2.18. The van der Waals surface area contributed by atoms with E-state index in [1.54, 1.807) is 14.2 Å². The molecule has 0 spiro atoms. The molecular weight excluding hydrogens is 164 g/mol. The summed E-state index contributed by atoms with van der Waals surface area (Å²) >= 11 is 0. The summed E-state index contributed by atoms with van der Waals surface area (Å²) in [6, 6.07) is 5.89. The highest BCUT2D eigenvalue weighted by molar-refractivity contribution is 5.40. The molecule has 2 nitrogen and oxygen atoms in total. The first-order valence-electron chi connectivity index (χ1n) is 4.52. The number of aryl methyl sites for hydroxylation is 1. The molecule has 13 heavy (non-hydrogen) atoms. The Bertz CT molecular complexity index is 269. The predicted molar refractivity (Wildman–Crippen MR) is 53.5 cm³/mol. The topological polar surface area (TPSA) is 18.5 Å². The SMILES string of the molecule is CCCc1cc(OC)ccc1OC. The molecule has 0 bridgehead atoms. The maximum atomic E-state index is 5.24. The molecule has 0 N–H and O–H groups in total. The van der Waals surface area contributed by atoms with Crippen molar-refractivity contribution in [3.63, 3.8) is 0 Å². The quantitative estimate of drug-likeness (QED) is 0.709. The number of methoxy groups -OCH3 is 2. The van der Waals surface area contributed by atoms with Gasteiger partial charge in [-0.05, 0) is 30.2 Å². The van der Waals surface area contributed by atoms with Crippen LogP contribution in [0.5, 0.6) is 11.5 Å². The van der Waals surface area contributed by atoms with E-state index in [0.717, 1.165) is 24.3 Å². The molecule has 2 heteroatoms. The Morgan fingerprint density at radius 1 is 1.15 bits per heavy atom. The Kier molecular flexibility index (Phi) is 3.62. The number of benzene rings is 1. The van der Waals surface area contributed by atoms with Crippen LogP contribution in [0.1, 0.15) is 18.9 Å². The van der Waals surface area contributed by atoms with Crippen molar-refractivity contribution in [3.05, 3.63) is 23.8 Å². The number of rotatable bonds is 4. The molecule has 0 atom stereocenters. The fourth-order valence-electron chi connectivity index (χ4n) is 1.35. The first-order chi connectivity index (χ1) is 6.31. The second kappa shape index (κ2) is 4.75. The Labute approximate surface area is 79.5 Å². The van der Waals surface area contributed by atoms with Gasteiger partial charge in [-0.2, -0.15) is 0 Å². The van der Waals surface area contributed by atoms with Crippen LogP contribution in [0.3, 0.4) is 0 Å². The van der Waals surface area contributed by atoms with Crippen molar-refractivity contribution in [2.45, 2.75) is 19.8 Å². The van der Waals surface area contributed by atoms with Crippen molar-refractivity contribution in [1.29, 1.82) is 0 Å². The van der Waals surface area contributed by atoms with E-state index in [1.807, 2.05) is 18.2 Å². The average molecular weight is 180 g/mol. The van der Waals surface area contributed by atoms with Crippen molar-refractivity contribution < 1.29 is 9.47 Å². The standard InChI is InChI=1S/C11H16O2/c1-4-5-9-8-10(12-2)6-7-11(9)13-3/h6-8H,4-5H2,1-3H3. The van der Waals surface area contributed by atoms with Gasteiger partial charge in [0, 0.05) is 0 Å². The lowest BCUT2D eigenvalue weighted by molar-refractivity contribution is 0.398. The maximum absolute atomic E-state index is 5.24. The van der Waals surface area contributed by atoms with Gasteiger partial charge in [-0.1, -0.05) is 13.3 Å². The Balaban J connectivity index is 2.95. The second-order valence-electron chi connectivity index (χ2n) is 2.93. The van der Waals surface area contributed by atoms with E-state index in [-0.39, 0.29) is 0 Å². The highest BCUT2D eigenvalue weighted by Crippen LogP contribution is 2.24. The van der Waals surface area contributed by atoms with E-state index in [2.05, 4.69) is 6.92 Å². The van der Waals surface area contributed by atoms with E-state index in [1.165, 1.54) is 5.56 Å². The van der Waals surface area contributed by atoms with E-state index in [0.29, 0.717) is 0 Å². The number of ether oxygens (including phenoxy) is 2. The van der Waals surface area contributed by atoms with E-state index in [9.17, 15) is 0 Å². The predicted octanol–water partition coefficient (Wildman–Crippen LogP) is 2.66. The van der Waals surface area contributed by atoms with Crippen LogP contribution in [0.25, 0.3) is 0 Å². The third kappa shape index (κ3) is 2.38. The molecule has 0 aliphatic carbocycles. The lowest BCUT2D eigenvalue weighted by Gasteiger charge is -2.09. The molecule has 0 aromatic heterocycles. The molecule has 0 heterocycles. The molecule has 0 aliphatic rings. The molecule has 72 valence electrons. The maximum Gasteiger partial charge on any atom is 0.122 e. The fourth-order valence-corrected chi connectivity index (χ4v) is 1.35. The van der Waals surface area contributed by atoms with Crippen molar-refractivity contribution in [2.24, 2.45) is 0 Å². The zero-order chi connectivity index (χ0) is 9.68. The molecule has 0 aliphatic heterocycles. The van der Waals surface area contributed by atoms with Crippen molar-refractivity contribution in [2.75, 3.05) is 14.2 Å². The second-order valence-corrected chi connectivity index (χ2v) is 2.93. The van der Waals surface area contributed by atoms with Crippen molar-refractivity contribution >= 4 is 0 Å². The summed E-state index contributed by atoms with van der Waals surface area (Å²) in [4.78, 5) is 0. The summed E-state index contributed by atoms with van der Waals surface area (Å²) < 4.78 is 10.4. The van der Waals surface area contributed by atoms with Crippen LogP contribution in [-0.2, 0) is 6.42 Å². The van der Waals surface area contributed by atoms with Gasteiger partial charge in [0.1, 0.15) is 11.5 Å². The Morgan fingerprint density at radius 3 is 2.46 bits per heavy atom. The van der Waals surface area contributed by atoms with Crippen LogP contribution in [0.15, 0.2) is 18.2 Å². The molecule has 0 radical (unpaired) electrons. The third-order valence-corrected chi connectivity index (χ3v) is 2.01. The van der Waals surface area contributed by atoms with Crippen LogP contribution < -0.4 is 9.47 Å². The smallest absolute Gasteiger partial charge is 0.122 e. The Morgan fingerprint density at radius 2 is 1.92 bits per heavy atom. The molecule has 1 rings (SSSR count). The lowest BCUT2D eigenvalue weighted by atomic mass is 10.1. The van der Waals surface area contributed by atoms with Gasteiger partial charge in [-0.15, -0.1) is 0 Å². The molecule has 0 unspecified atom stereocenters. The van der Waals surface area contributed by atoms with Crippen LogP contribution >= 0.6 is 0 Å². The summed E-state index contributed by atoms with van der Waals surface area (Å²) in [5, 5.41) is 0. The summed E-state index contributed by atoms with van der Waals surface area (Å²) in [5.41, 5.74) is 1.21. The van der Waals surface area contributed by atoms with E-state index >= 15 is 0 Å². The Hall–Kier alpha value is -1.18. The zero-order valence-electron chi connectivity index (χ0n) is 8.46. The third-order valence-electron chi connectivity index (χ3n) is 2.01. The summed E-state index contributed by atoms with van der Waals surface area (Å²) in [6.07, 6.45) is 2.14. The van der Waals surface area contributed by atoms with Crippen LogP contribution in [0.4, 0.5) is 0 Å². The van der Waals surface area contributed by atoms with Gasteiger partial charge < -0.3 is 9.47 Å². The van der Waals surface area contributed by atoms with E-state index < -0.39 is 0 Å². The van der Waals surface area contributed by atoms with Gasteiger partial charge in [0.25, 0.3) is 0 Å². The highest BCUT2D eigenvalue weighted by atomic mass is 16.5. The number of hydrogen-bond acceptors (Lipinski definition) is 2. The van der Waals surface area contributed by atoms with Crippen LogP contribution in [-0.4, -0.2) is 14.2 Å². The van der Waals surface area contributed by atoms with Crippen molar-refractivity contribution in [3.8, 4) is 11.5 Å². The van der Waals surface area contributed by atoms with Gasteiger partial charge in [0.05, 0.1) is 14.2 Å². The van der Waals surface area contributed by atoms with Gasteiger partial charge in [-0.3, -0.25) is 0 Å². The first-order valence-corrected chi connectivity index (χ1v) is 4.52. The number of hydrogen-bond donors (Lipinski definition) is 0. The van der Waals surface area contributed by atoms with E-state index in [4.69, 9.17) is 9.47 Å². The first kappa shape index (κ1) is 9.90. The van der Waals surface area contributed by atoms with Gasteiger partial charge in [0.2, 0.25) is 0 Å².